The Labute approximate surface area is 127 Å². The van der Waals surface area contributed by atoms with E-state index < -0.39 is 0 Å². The highest BCUT2D eigenvalue weighted by atomic mass is 79.9. The molecular weight excluding hydrogens is 325 g/mol. The molecule has 0 aliphatic heterocycles. The van der Waals surface area contributed by atoms with E-state index in [1.807, 2.05) is 13.8 Å². The number of benzene rings is 1. The molecule has 0 heterocycles. The highest BCUT2D eigenvalue weighted by molar-refractivity contribution is 9.10. The van der Waals surface area contributed by atoms with E-state index in [2.05, 4.69) is 21.2 Å². The zero-order valence-electron chi connectivity index (χ0n) is 11.8. The third-order valence-electron chi connectivity index (χ3n) is 3.16. The SMILES string of the molecule is CC(CCCO)NC(=O)C(C)Cc1ccc(F)c(Br)c1. The second kappa shape index (κ2) is 8.37. The fourth-order valence-corrected chi connectivity index (χ4v) is 2.39. The number of aliphatic hydroxyl groups excluding tert-OH is 1. The average molecular weight is 346 g/mol. The number of rotatable bonds is 7. The van der Waals surface area contributed by atoms with Gasteiger partial charge in [0.15, 0.2) is 0 Å². The summed E-state index contributed by atoms with van der Waals surface area (Å²) in [5.74, 6) is -0.497. The van der Waals surface area contributed by atoms with Gasteiger partial charge >= 0.3 is 0 Å². The first-order chi connectivity index (χ1) is 9.43. The van der Waals surface area contributed by atoms with Crippen molar-refractivity contribution in [3.05, 3.63) is 34.1 Å². The third-order valence-corrected chi connectivity index (χ3v) is 3.77. The molecule has 0 fully saturated rings. The number of hydrogen-bond acceptors (Lipinski definition) is 2. The van der Waals surface area contributed by atoms with Crippen LogP contribution in [0.1, 0.15) is 32.3 Å². The van der Waals surface area contributed by atoms with Crippen LogP contribution in [0.5, 0.6) is 0 Å². The molecule has 112 valence electrons. The Bertz CT molecular complexity index is 453. The lowest BCUT2D eigenvalue weighted by Crippen LogP contribution is -2.37. The van der Waals surface area contributed by atoms with Crippen molar-refractivity contribution in [2.45, 2.75) is 39.2 Å². The first-order valence-electron chi connectivity index (χ1n) is 6.79. The van der Waals surface area contributed by atoms with Crippen LogP contribution in [-0.2, 0) is 11.2 Å². The van der Waals surface area contributed by atoms with E-state index in [0.29, 0.717) is 17.3 Å². The number of carbonyl (C=O) groups is 1. The summed E-state index contributed by atoms with van der Waals surface area (Å²) in [5, 5.41) is 11.7. The molecule has 5 heteroatoms. The molecule has 20 heavy (non-hydrogen) atoms. The molecule has 1 rings (SSSR count). The second-order valence-corrected chi connectivity index (χ2v) is 5.98. The molecule has 0 radical (unpaired) electrons. The molecule has 0 spiro atoms. The highest BCUT2D eigenvalue weighted by Crippen LogP contribution is 2.19. The van der Waals surface area contributed by atoms with Crippen molar-refractivity contribution >= 4 is 21.8 Å². The van der Waals surface area contributed by atoms with Crippen LogP contribution in [0.2, 0.25) is 0 Å². The van der Waals surface area contributed by atoms with Gasteiger partial charge in [0, 0.05) is 18.6 Å². The van der Waals surface area contributed by atoms with Crippen LogP contribution in [0.25, 0.3) is 0 Å². The van der Waals surface area contributed by atoms with E-state index >= 15 is 0 Å². The third kappa shape index (κ3) is 5.59. The molecule has 1 aromatic rings. The molecule has 0 bridgehead atoms. The van der Waals surface area contributed by atoms with Crippen LogP contribution in [0.3, 0.4) is 0 Å². The predicted molar refractivity (Wildman–Crippen MR) is 80.9 cm³/mol. The summed E-state index contributed by atoms with van der Waals surface area (Å²) in [6.07, 6.45) is 2.01. The molecule has 2 N–H and O–H groups in total. The van der Waals surface area contributed by atoms with Crippen LogP contribution >= 0.6 is 15.9 Å². The van der Waals surface area contributed by atoms with Gasteiger partial charge in [0.1, 0.15) is 5.82 Å². The predicted octanol–water partition coefficient (Wildman–Crippen LogP) is 3.04. The Kier molecular flexibility index (Phi) is 7.16. The monoisotopic (exact) mass is 345 g/mol. The van der Waals surface area contributed by atoms with Crippen molar-refractivity contribution in [2.75, 3.05) is 6.61 Å². The van der Waals surface area contributed by atoms with E-state index in [9.17, 15) is 9.18 Å². The maximum atomic E-state index is 13.1. The minimum absolute atomic E-state index is 0.0177. The quantitative estimate of drug-likeness (QED) is 0.797. The van der Waals surface area contributed by atoms with E-state index in [0.717, 1.165) is 12.0 Å². The first-order valence-corrected chi connectivity index (χ1v) is 7.58. The summed E-state index contributed by atoms with van der Waals surface area (Å²) in [6.45, 7) is 3.92. The molecule has 2 atom stereocenters. The standard InChI is InChI=1S/C15H21BrFNO2/c1-10(15(20)18-11(2)4-3-7-19)8-12-5-6-14(17)13(16)9-12/h5-6,9-11,19H,3-4,7-8H2,1-2H3,(H,18,20). The van der Waals surface area contributed by atoms with Gasteiger partial charge in [-0.15, -0.1) is 0 Å². The minimum Gasteiger partial charge on any atom is -0.396 e. The molecule has 2 unspecified atom stereocenters. The van der Waals surface area contributed by atoms with Gasteiger partial charge in [-0.25, -0.2) is 4.39 Å². The van der Waals surface area contributed by atoms with Crippen LogP contribution in [0.4, 0.5) is 4.39 Å². The first kappa shape index (κ1) is 17.1. The van der Waals surface area contributed by atoms with Crippen LogP contribution < -0.4 is 5.32 Å². The summed E-state index contributed by atoms with van der Waals surface area (Å²) in [4.78, 5) is 12.0. The summed E-state index contributed by atoms with van der Waals surface area (Å²) >= 11 is 3.14. The van der Waals surface area contributed by atoms with Gasteiger partial charge < -0.3 is 10.4 Å². The fourth-order valence-electron chi connectivity index (χ4n) is 1.97. The number of carbonyl (C=O) groups excluding carboxylic acids is 1. The summed E-state index contributed by atoms with van der Waals surface area (Å²) < 4.78 is 13.6. The Balaban J connectivity index is 2.50. The largest absolute Gasteiger partial charge is 0.396 e. The van der Waals surface area contributed by atoms with Crippen molar-refractivity contribution in [3.8, 4) is 0 Å². The van der Waals surface area contributed by atoms with E-state index in [-0.39, 0.29) is 30.3 Å². The lowest BCUT2D eigenvalue weighted by Gasteiger charge is -2.17. The topological polar surface area (TPSA) is 49.3 Å². The van der Waals surface area contributed by atoms with Gasteiger partial charge in [-0.05, 0) is 59.8 Å². The molecule has 3 nitrogen and oxygen atoms in total. The van der Waals surface area contributed by atoms with Gasteiger partial charge in [0.05, 0.1) is 4.47 Å². The van der Waals surface area contributed by atoms with Crippen LogP contribution in [0, 0.1) is 11.7 Å². The Morgan fingerprint density at radius 3 is 2.75 bits per heavy atom. The van der Waals surface area contributed by atoms with Gasteiger partial charge in [0.2, 0.25) is 5.91 Å². The van der Waals surface area contributed by atoms with Crippen LogP contribution in [-0.4, -0.2) is 23.7 Å². The maximum absolute atomic E-state index is 13.1. The van der Waals surface area contributed by atoms with Crippen molar-refractivity contribution in [1.29, 1.82) is 0 Å². The molecular formula is C15H21BrFNO2. The van der Waals surface area contributed by atoms with Gasteiger partial charge in [0.25, 0.3) is 0 Å². The number of hydrogen-bond donors (Lipinski definition) is 2. The van der Waals surface area contributed by atoms with Crippen LogP contribution in [0.15, 0.2) is 22.7 Å². The van der Waals surface area contributed by atoms with Gasteiger partial charge in [-0.1, -0.05) is 13.0 Å². The molecule has 0 aromatic heterocycles. The second-order valence-electron chi connectivity index (χ2n) is 5.13. The summed E-state index contributed by atoms with van der Waals surface area (Å²) in [5.41, 5.74) is 0.920. The van der Waals surface area contributed by atoms with E-state index in [1.54, 1.807) is 12.1 Å². The molecule has 0 aliphatic carbocycles. The Hall–Kier alpha value is -0.940. The number of nitrogens with one attached hydrogen (secondary N) is 1. The minimum atomic E-state index is -0.302. The smallest absolute Gasteiger partial charge is 0.223 e. The van der Waals surface area contributed by atoms with E-state index in [4.69, 9.17) is 5.11 Å². The molecule has 0 saturated carbocycles. The molecule has 0 saturated heterocycles. The lowest BCUT2D eigenvalue weighted by molar-refractivity contribution is -0.125. The maximum Gasteiger partial charge on any atom is 0.223 e. The zero-order valence-corrected chi connectivity index (χ0v) is 13.4. The summed E-state index contributed by atoms with van der Waals surface area (Å²) in [6, 6.07) is 4.85. The zero-order chi connectivity index (χ0) is 15.1. The molecule has 0 aliphatic rings. The van der Waals surface area contributed by atoms with Gasteiger partial charge in [-0.2, -0.15) is 0 Å². The number of amides is 1. The van der Waals surface area contributed by atoms with Crippen molar-refractivity contribution < 1.29 is 14.3 Å². The average Bonchev–Trinajstić information content (AvgIpc) is 2.40. The Morgan fingerprint density at radius 1 is 1.45 bits per heavy atom. The number of aliphatic hydroxyl groups is 1. The molecule has 1 aromatic carbocycles. The highest BCUT2D eigenvalue weighted by Gasteiger charge is 2.16. The Morgan fingerprint density at radius 2 is 2.15 bits per heavy atom. The normalized spacial score (nSPS) is 13.8. The number of halogens is 2. The van der Waals surface area contributed by atoms with Crippen molar-refractivity contribution in [2.24, 2.45) is 5.92 Å². The van der Waals surface area contributed by atoms with E-state index in [1.165, 1.54) is 6.07 Å². The molecule has 1 amide bonds. The van der Waals surface area contributed by atoms with Gasteiger partial charge in [-0.3, -0.25) is 4.79 Å². The van der Waals surface area contributed by atoms with Crippen molar-refractivity contribution in [1.82, 2.24) is 5.32 Å². The van der Waals surface area contributed by atoms with Crippen molar-refractivity contribution in [3.63, 3.8) is 0 Å². The fraction of sp³-hybridized carbons (Fsp3) is 0.533. The lowest BCUT2D eigenvalue weighted by atomic mass is 10.00. The summed E-state index contributed by atoms with van der Waals surface area (Å²) in [7, 11) is 0.